The molecule has 2 amide bonds. The van der Waals surface area contributed by atoms with Gasteiger partial charge in [0.1, 0.15) is 5.69 Å². The number of ether oxygens (including phenoxy) is 2. The van der Waals surface area contributed by atoms with E-state index in [4.69, 9.17) is 9.47 Å². The van der Waals surface area contributed by atoms with E-state index in [9.17, 15) is 18.4 Å². The van der Waals surface area contributed by atoms with Crippen molar-refractivity contribution in [2.24, 2.45) is 0 Å². The average Bonchev–Trinajstić information content (AvgIpc) is 2.80. The van der Waals surface area contributed by atoms with E-state index in [-0.39, 0.29) is 47.9 Å². The van der Waals surface area contributed by atoms with E-state index in [1.54, 1.807) is 0 Å². The number of amides is 2. The van der Waals surface area contributed by atoms with Crippen LogP contribution in [0.4, 0.5) is 33.7 Å². The molecule has 0 saturated heterocycles. The summed E-state index contributed by atoms with van der Waals surface area (Å²) in [6.45, 7) is 2.03. The fourth-order valence-electron chi connectivity index (χ4n) is 3.46. The maximum absolute atomic E-state index is 15.0. The van der Waals surface area contributed by atoms with E-state index in [2.05, 4.69) is 11.6 Å². The van der Waals surface area contributed by atoms with Crippen LogP contribution in [0.2, 0.25) is 0 Å². The molecule has 1 aliphatic rings. The molecule has 1 aromatic carbocycles. The Hall–Kier alpha value is -3.63. The quantitative estimate of drug-likeness (QED) is 0.407. The van der Waals surface area contributed by atoms with Crippen molar-refractivity contribution in [1.29, 1.82) is 0 Å². The number of nitrogens with zero attached hydrogens (tertiary/aromatic N) is 3. The first-order valence-corrected chi connectivity index (χ1v) is 9.82. The second-order valence-corrected chi connectivity index (χ2v) is 7.10. The summed E-state index contributed by atoms with van der Waals surface area (Å²) in [5.41, 5.74) is 0.0181. The lowest BCUT2D eigenvalue weighted by atomic mass is 10.1. The number of rotatable bonds is 9. The first kappa shape index (κ1) is 24.0. The van der Waals surface area contributed by atoms with Gasteiger partial charge in [0, 0.05) is 29.9 Å². The third kappa shape index (κ3) is 4.76. The van der Waals surface area contributed by atoms with Gasteiger partial charge < -0.3 is 9.47 Å². The number of fused-ring (bicyclic) bond motifs is 1. The monoisotopic (exact) mass is 467 g/mol. The van der Waals surface area contributed by atoms with E-state index in [1.807, 2.05) is 0 Å². The minimum atomic E-state index is -2.92. The van der Waals surface area contributed by atoms with Gasteiger partial charge in [-0.05, 0) is 18.6 Å². The summed E-state index contributed by atoms with van der Waals surface area (Å²) in [6.07, 6.45) is -0.128. The van der Waals surface area contributed by atoms with E-state index in [0.29, 0.717) is 10.6 Å². The van der Waals surface area contributed by atoms with Gasteiger partial charge >= 0.3 is 6.03 Å². The summed E-state index contributed by atoms with van der Waals surface area (Å²) in [6, 6.07) is 1.34. The Balaban J connectivity index is 2.09. The minimum Gasteiger partial charge on any atom is -0.493 e. The molecule has 33 heavy (non-hydrogen) atoms. The number of pyridine rings is 1. The number of halogens is 4. The predicted octanol–water partition coefficient (Wildman–Crippen LogP) is 4.28. The highest BCUT2D eigenvalue weighted by Crippen LogP contribution is 2.41. The number of hydrogen-bond acceptors (Lipinski definition) is 5. The number of benzene rings is 1. The Bertz CT molecular complexity index is 1070. The number of methoxy groups -OCH3 is 2. The van der Waals surface area contributed by atoms with Crippen molar-refractivity contribution < 1.29 is 36.6 Å². The molecule has 0 spiro atoms. The minimum absolute atomic E-state index is 0.101. The van der Waals surface area contributed by atoms with Gasteiger partial charge in [0.2, 0.25) is 0 Å². The molecule has 7 nitrogen and oxygen atoms in total. The zero-order valence-electron chi connectivity index (χ0n) is 17.9. The Labute approximate surface area is 187 Å². The molecule has 0 aliphatic carbocycles. The van der Waals surface area contributed by atoms with Crippen molar-refractivity contribution in [3.8, 4) is 11.5 Å². The highest BCUT2D eigenvalue weighted by Gasteiger charge is 2.37. The summed E-state index contributed by atoms with van der Waals surface area (Å²) in [5.74, 6) is -3.36. The van der Waals surface area contributed by atoms with Crippen LogP contribution in [0.25, 0.3) is 0 Å². The molecule has 11 heteroatoms. The lowest BCUT2D eigenvalue weighted by molar-refractivity contribution is -0.114. The van der Waals surface area contributed by atoms with E-state index in [1.165, 1.54) is 12.3 Å². The smallest absolute Gasteiger partial charge is 0.329 e. The van der Waals surface area contributed by atoms with Crippen LogP contribution in [-0.4, -0.2) is 44.0 Å². The molecule has 176 valence electrons. The van der Waals surface area contributed by atoms with Crippen LogP contribution in [0, 0.1) is 11.6 Å². The molecular formula is C22H21F4N3O4. The number of carbonyl (C=O) groups is 2. The molecule has 0 N–H and O–H groups in total. The topological polar surface area (TPSA) is 72.0 Å². The standard InChI is InChI=1S/C22H21F4N3O4/c1-4-14(30)6-5-13-7-15-12(9-27-13)10-29(22(31)28(15)11-18(23)24)21-19(25)16(32-2)8-17(33-3)20(21)26/h4,7-9,18H,1,5-6,10-11H2,2-3H3. The Morgan fingerprint density at radius 2 is 1.85 bits per heavy atom. The van der Waals surface area contributed by atoms with Gasteiger partial charge in [-0.1, -0.05) is 6.58 Å². The first-order valence-electron chi connectivity index (χ1n) is 9.82. The van der Waals surface area contributed by atoms with Crippen LogP contribution in [-0.2, 0) is 17.8 Å². The van der Waals surface area contributed by atoms with Crippen molar-refractivity contribution in [1.82, 2.24) is 4.98 Å². The van der Waals surface area contributed by atoms with Crippen molar-refractivity contribution in [2.45, 2.75) is 25.8 Å². The maximum Gasteiger partial charge on any atom is 0.329 e. The summed E-state index contributed by atoms with van der Waals surface area (Å²) in [4.78, 5) is 30.3. The van der Waals surface area contributed by atoms with Crippen LogP contribution < -0.4 is 19.3 Å². The number of aromatic nitrogens is 1. The number of hydrogen-bond donors (Lipinski definition) is 0. The maximum atomic E-state index is 15.0. The highest BCUT2D eigenvalue weighted by atomic mass is 19.3. The number of allylic oxidation sites excluding steroid dienone is 1. The van der Waals surface area contributed by atoms with Crippen LogP contribution in [0.1, 0.15) is 17.7 Å². The molecule has 0 saturated carbocycles. The van der Waals surface area contributed by atoms with Crippen LogP contribution in [0.3, 0.4) is 0 Å². The zero-order valence-corrected chi connectivity index (χ0v) is 17.9. The molecule has 2 aromatic rings. The number of ketones is 1. The van der Waals surface area contributed by atoms with Gasteiger partial charge in [-0.15, -0.1) is 0 Å². The molecule has 0 atom stereocenters. The fraction of sp³-hybridized carbons (Fsp3) is 0.318. The molecule has 1 aliphatic heterocycles. The summed E-state index contributed by atoms with van der Waals surface area (Å²) < 4.78 is 66.5. The van der Waals surface area contributed by atoms with Crippen LogP contribution in [0.15, 0.2) is 31.0 Å². The average molecular weight is 467 g/mol. The Morgan fingerprint density at radius 1 is 1.21 bits per heavy atom. The number of urea groups is 1. The Kier molecular flexibility index (Phi) is 7.19. The fourth-order valence-corrected chi connectivity index (χ4v) is 3.46. The van der Waals surface area contributed by atoms with Crippen molar-refractivity contribution in [3.63, 3.8) is 0 Å². The van der Waals surface area contributed by atoms with Crippen molar-refractivity contribution >= 4 is 23.2 Å². The lowest BCUT2D eigenvalue weighted by Gasteiger charge is -2.37. The van der Waals surface area contributed by atoms with Gasteiger partial charge in [-0.3, -0.25) is 19.6 Å². The largest absolute Gasteiger partial charge is 0.493 e. The third-order valence-electron chi connectivity index (χ3n) is 5.10. The molecule has 0 bridgehead atoms. The van der Waals surface area contributed by atoms with Gasteiger partial charge in [-0.2, -0.15) is 0 Å². The van der Waals surface area contributed by atoms with E-state index < -0.39 is 36.3 Å². The molecular weight excluding hydrogens is 446 g/mol. The van der Waals surface area contributed by atoms with Gasteiger partial charge in [0.05, 0.1) is 33.0 Å². The number of aryl methyl sites for hydroxylation is 1. The molecule has 0 radical (unpaired) electrons. The summed E-state index contributed by atoms with van der Waals surface area (Å²) in [7, 11) is 2.30. The lowest BCUT2D eigenvalue weighted by Crippen LogP contribution is -2.49. The first-order chi connectivity index (χ1) is 15.7. The molecule has 1 aromatic heterocycles. The molecule has 0 unspecified atom stereocenters. The van der Waals surface area contributed by atoms with Gasteiger partial charge in [-0.25, -0.2) is 22.4 Å². The van der Waals surface area contributed by atoms with Gasteiger partial charge in [0.15, 0.2) is 28.9 Å². The third-order valence-corrected chi connectivity index (χ3v) is 5.10. The predicted molar refractivity (Wildman–Crippen MR) is 112 cm³/mol. The second kappa shape index (κ2) is 9.88. The van der Waals surface area contributed by atoms with E-state index >= 15 is 8.78 Å². The summed E-state index contributed by atoms with van der Waals surface area (Å²) in [5, 5.41) is 0. The second-order valence-electron chi connectivity index (χ2n) is 7.10. The van der Waals surface area contributed by atoms with Crippen LogP contribution >= 0.6 is 0 Å². The summed E-state index contributed by atoms with van der Waals surface area (Å²) >= 11 is 0. The highest BCUT2D eigenvalue weighted by molar-refractivity contribution is 6.06. The molecule has 0 fully saturated rings. The van der Waals surface area contributed by atoms with Crippen molar-refractivity contribution in [2.75, 3.05) is 30.6 Å². The van der Waals surface area contributed by atoms with E-state index in [0.717, 1.165) is 31.3 Å². The Morgan fingerprint density at radius 3 is 2.39 bits per heavy atom. The van der Waals surface area contributed by atoms with Gasteiger partial charge in [0.25, 0.3) is 6.43 Å². The zero-order chi connectivity index (χ0) is 24.3. The number of carbonyl (C=O) groups excluding carboxylic acids is 2. The van der Waals surface area contributed by atoms with Crippen LogP contribution in [0.5, 0.6) is 11.5 Å². The normalized spacial score (nSPS) is 13.2. The SMILES string of the molecule is C=CC(=O)CCc1cc2c(cn1)CN(c1c(F)c(OC)cc(OC)c1F)C(=O)N2CC(F)F. The molecule has 2 heterocycles. The number of alkyl halides is 2. The van der Waals surface area contributed by atoms with Crippen molar-refractivity contribution in [3.05, 3.63) is 53.9 Å². The number of anilines is 2. The molecule has 3 rings (SSSR count).